The van der Waals surface area contributed by atoms with Crippen LogP contribution in [0.1, 0.15) is 34.5 Å². The Labute approximate surface area is 131 Å². The van der Waals surface area contributed by atoms with Crippen molar-refractivity contribution in [3.05, 3.63) is 52.7 Å². The Hall–Kier alpha value is -1.65. The van der Waals surface area contributed by atoms with Crippen LogP contribution in [-0.2, 0) is 12.8 Å². The summed E-state index contributed by atoms with van der Waals surface area (Å²) in [5.74, 6) is 1.88. The molecule has 4 heteroatoms. The number of likely N-dealkylation sites (N-methyl/N-ethyl adjacent to an activating group) is 1. The van der Waals surface area contributed by atoms with Crippen LogP contribution in [0.3, 0.4) is 0 Å². The first-order chi connectivity index (χ1) is 10.7. The summed E-state index contributed by atoms with van der Waals surface area (Å²) in [7, 11) is 2.20. The first-order valence-electron chi connectivity index (χ1n) is 8.19. The molecule has 4 nitrogen and oxygen atoms in total. The zero-order valence-corrected chi connectivity index (χ0v) is 13.4. The molecule has 116 valence electrons. The number of hydrogen-bond acceptors (Lipinski definition) is 4. The highest BCUT2D eigenvalue weighted by atomic mass is 16.4. The zero-order chi connectivity index (χ0) is 15.1. The van der Waals surface area contributed by atoms with E-state index in [2.05, 4.69) is 41.1 Å². The Morgan fingerprint density at radius 1 is 1.09 bits per heavy atom. The molecule has 0 unspecified atom stereocenters. The molecule has 0 amide bonds. The van der Waals surface area contributed by atoms with Gasteiger partial charge in [0.05, 0.1) is 6.04 Å². The highest BCUT2D eigenvalue weighted by Gasteiger charge is 2.33. The van der Waals surface area contributed by atoms with E-state index in [9.17, 15) is 0 Å². The Kier molecular flexibility index (Phi) is 3.51. The Balaban J connectivity index is 1.80. The van der Waals surface area contributed by atoms with Gasteiger partial charge in [-0.3, -0.25) is 4.90 Å². The third-order valence-electron chi connectivity index (χ3n) is 4.97. The fraction of sp³-hybridized carbons (Fsp3) is 0.500. The minimum Gasteiger partial charge on any atom is -0.446 e. The van der Waals surface area contributed by atoms with Crippen LogP contribution in [0.2, 0.25) is 0 Å². The molecule has 1 aromatic heterocycles. The number of hydrogen-bond donors (Lipinski definition) is 0. The minimum atomic E-state index is 0.250. The van der Waals surface area contributed by atoms with Crippen molar-refractivity contribution in [1.29, 1.82) is 0 Å². The van der Waals surface area contributed by atoms with Crippen LogP contribution in [0.5, 0.6) is 0 Å². The van der Waals surface area contributed by atoms with E-state index in [1.807, 2.05) is 6.92 Å². The summed E-state index contributed by atoms with van der Waals surface area (Å²) in [6, 6.07) is 9.08. The van der Waals surface area contributed by atoms with Gasteiger partial charge in [-0.2, -0.15) is 0 Å². The fourth-order valence-corrected chi connectivity index (χ4v) is 3.75. The molecule has 22 heavy (non-hydrogen) atoms. The second-order valence-electron chi connectivity index (χ2n) is 6.48. The first-order valence-corrected chi connectivity index (χ1v) is 8.19. The van der Waals surface area contributed by atoms with Gasteiger partial charge in [-0.1, -0.05) is 24.3 Å². The summed E-state index contributed by atoms with van der Waals surface area (Å²) in [5, 5.41) is 0. The fourth-order valence-electron chi connectivity index (χ4n) is 3.75. The van der Waals surface area contributed by atoms with Gasteiger partial charge in [-0.15, -0.1) is 0 Å². The van der Waals surface area contributed by atoms with Crippen molar-refractivity contribution in [2.45, 2.75) is 25.8 Å². The normalized spacial score (nSPS) is 22.9. The van der Waals surface area contributed by atoms with Crippen molar-refractivity contribution < 1.29 is 4.42 Å². The van der Waals surface area contributed by atoms with Gasteiger partial charge >= 0.3 is 0 Å². The van der Waals surface area contributed by atoms with Crippen molar-refractivity contribution >= 4 is 0 Å². The number of aromatic nitrogens is 1. The summed E-state index contributed by atoms with van der Waals surface area (Å²) in [4.78, 5) is 9.74. The van der Waals surface area contributed by atoms with Crippen molar-refractivity contribution in [3.63, 3.8) is 0 Å². The number of rotatable bonds is 1. The lowest BCUT2D eigenvalue weighted by Crippen LogP contribution is -2.46. The van der Waals surface area contributed by atoms with Gasteiger partial charge in [0, 0.05) is 39.5 Å². The van der Waals surface area contributed by atoms with Gasteiger partial charge in [0.1, 0.15) is 11.5 Å². The molecule has 1 aliphatic heterocycles. The van der Waals surface area contributed by atoms with Gasteiger partial charge < -0.3 is 9.32 Å². The second kappa shape index (κ2) is 5.52. The molecule has 1 atom stereocenters. The molecule has 0 N–H and O–H groups in total. The second-order valence-corrected chi connectivity index (χ2v) is 6.48. The molecule has 0 radical (unpaired) electrons. The smallest absolute Gasteiger partial charge is 0.191 e. The molecule has 0 bridgehead atoms. The van der Waals surface area contributed by atoms with Crippen molar-refractivity contribution in [3.8, 4) is 0 Å². The van der Waals surface area contributed by atoms with E-state index in [0.29, 0.717) is 0 Å². The summed E-state index contributed by atoms with van der Waals surface area (Å²) in [6.07, 6.45) is 2.00. The van der Waals surface area contributed by atoms with Crippen LogP contribution in [0.4, 0.5) is 0 Å². The maximum Gasteiger partial charge on any atom is 0.191 e. The van der Waals surface area contributed by atoms with E-state index in [-0.39, 0.29) is 6.04 Å². The third kappa shape index (κ3) is 2.36. The average Bonchev–Trinajstić information content (AvgIpc) is 2.82. The maximum absolute atomic E-state index is 5.91. The molecule has 0 spiro atoms. The van der Waals surface area contributed by atoms with Gasteiger partial charge in [0.15, 0.2) is 5.89 Å². The van der Waals surface area contributed by atoms with Crippen molar-refractivity contribution in [2.24, 2.45) is 0 Å². The highest BCUT2D eigenvalue weighted by Crippen LogP contribution is 2.36. The van der Waals surface area contributed by atoms with Crippen LogP contribution in [-0.4, -0.2) is 48.0 Å². The van der Waals surface area contributed by atoms with Gasteiger partial charge in [0.2, 0.25) is 0 Å². The topological polar surface area (TPSA) is 32.5 Å². The molecule has 2 heterocycles. The first kappa shape index (κ1) is 14.0. The summed E-state index contributed by atoms with van der Waals surface area (Å²) in [5.41, 5.74) is 4.00. The zero-order valence-electron chi connectivity index (χ0n) is 13.4. The van der Waals surface area contributed by atoms with E-state index < -0.39 is 0 Å². The predicted molar refractivity (Wildman–Crippen MR) is 86.0 cm³/mol. The standard InChI is InChI=1S/C18H23N3O/c1-13-19-17-16(22-13)8-7-14-5-3-4-6-15(14)18(17)21-11-9-20(2)10-12-21/h3-6,18H,7-12H2,1-2H3/t18-/m1/s1. The number of aryl methyl sites for hydroxylation is 3. The Morgan fingerprint density at radius 2 is 1.86 bits per heavy atom. The molecule has 1 aromatic carbocycles. The van der Waals surface area contributed by atoms with E-state index in [0.717, 1.165) is 56.4 Å². The molecule has 4 rings (SSSR count). The largest absolute Gasteiger partial charge is 0.446 e. The van der Waals surface area contributed by atoms with Crippen LogP contribution < -0.4 is 0 Å². The lowest BCUT2D eigenvalue weighted by Gasteiger charge is -2.37. The highest BCUT2D eigenvalue weighted by molar-refractivity contribution is 5.39. The van der Waals surface area contributed by atoms with E-state index in [4.69, 9.17) is 9.40 Å². The van der Waals surface area contributed by atoms with Gasteiger partial charge in [-0.05, 0) is 24.6 Å². The number of nitrogens with zero attached hydrogens (tertiary/aromatic N) is 3. The van der Waals surface area contributed by atoms with Crippen LogP contribution in [0.15, 0.2) is 28.7 Å². The summed E-state index contributed by atoms with van der Waals surface area (Å²) in [6.45, 7) is 6.36. The van der Waals surface area contributed by atoms with Crippen LogP contribution in [0, 0.1) is 6.92 Å². The van der Waals surface area contributed by atoms with Crippen molar-refractivity contribution in [1.82, 2.24) is 14.8 Å². The number of fused-ring (bicyclic) bond motifs is 2. The molecule has 1 saturated heterocycles. The van der Waals surface area contributed by atoms with E-state index >= 15 is 0 Å². The van der Waals surface area contributed by atoms with E-state index in [1.165, 1.54) is 11.1 Å². The molecule has 1 fully saturated rings. The van der Waals surface area contributed by atoms with Crippen LogP contribution >= 0.6 is 0 Å². The maximum atomic E-state index is 5.91. The summed E-state index contributed by atoms with van der Waals surface area (Å²) < 4.78 is 5.91. The minimum absolute atomic E-state index is 0.250. The van der Waals surface area contributed by atoms with E-state index in [1.54, 1.807) is 0 Å². The quantitative estimate of drug-likeness (QED) is 0.809. The Morgan fingerprint density at radius 3 is 2.68 bits per heavy atom. The number of benzene rings is 1. The van der Waals surface area contributed by atoms with Gasteiger partial charge in [-0.25, -0.2) is 4.98 Å². The molecule has 2 aromatic rings. The molecular formula is C18H23N3O. The lowest BCUT2D eigenvalue weighted by atomic mass is 9.97. The predicted octanol–water partition coefficient (Wildman–Crippen LogP) is 2.42. The van der Waals surface area contributed by atoms with Crippen molar-refractivity contribution in [2.75, 3.05) is 33.2 Å². The lowest BCUT2D eigenvalue weighted by molar-refractivity contribution is 0.125. The molecular weight excluding hydrogens is 274 g/mol. The molecule has 1 aliphatic carbocycles. The third-order valence-corrected chi connectivity index (χ3v) is 4.97. The molecule has 0 saturated carbocycles. The number of oxazole rings is 1. The van der Waals surface area contributed by atoms with Gasteiger partial charge in [0.25, 0.3) is 0 Å². The average molecular weight is 297 g/mol. The Bertz CT molecular complexity index is 671. The monoisotopic (exact) mass is 297 g/mol. The molecule has 2 aliphatic rings. The SMILES string of the molecule is Cc1nc2c(o1)CCc1ccccc1[C@H]2N1CCN(C)CC1. The summed E-state index contributed by atoms with van der Waals surface area (Å²) >= 11 is 0. The number of piperazine rings is 1. The van der Waals surface area contributed by atoms with Crippen LogP contribution in [0.25, 0.3) is 0 Å².